The van der Waals surface area contributed by atoms with Crippen LogP contribution in [0, 0.1) is 11.3 Å². The van der Waals surface area contributed by atoms with Crippen molar-refractivity contribution in [3.05, 3.63) is 34.1 Å². The van der Waals surface area contributed by atoms with Gasteiger partial charge in [-0.25, -0.2) is 19.8 Å². The Morgan fingerprint density at radius 2 is 2.16 bits per heavy atom. The number of allylic oxidation sites excluding steroid dienone is 2. The molecule has 0 atom stereocenters. The van der Waals surface area contributed by atoms with E-state index in [-0.39, 0.29) is 6.04 Å². The van der Waals surface area contributed by atoms with Crippen LogP contribution >= 0.6 is 11.8 Å². The lowest BCUT2D eigenvalue weighted by atomic mass is 10.1. The van der Waals surface area contributed by atoms with Crippen LogP contribution in [0.4, 0.5) is 10.7 Å². The van der Waals surface area contributed by atoms with E-state index in [0.29, 0.717) is 30.3 Å². The molecular weight excluding hydrogens is 414 g/mol. The predicted molar refractivity (Wildman–Crippen MR) is 121 cm³/mol. The molecule has 1 aromatic heterocycles. The largest absolute Gasteiger partial charge is 0.443 e. The van der Waals surface area contributed by atoms with E-state index in [0.717, 1.165) is 30.0 Å². The highest BCUT2D eigenvalue weighted by atomic mass is 32.2. The van der Waals surface area contributed by atoms with E-state index in [1.54, 1.807) is 12.3 Å². The summed E-state index contributed by atoms with van der Waals surface area (Å²) in [5, 5.41) is 21.0. The van der Waals surface area contributed by atoms with Gasteiger partial charge in [0.15, 0.2) is 0 Å². The fraction of sp³-hybridized carbons (Fsp3) is 0.524. The van der Waals surface area contributed by atoms with Gasteiger partial charge >= 0.3 is 6.09 Å². The van der Waals surface area contributed by atoms with Crippen molar-refractivity contribution in [1.82, 2.24) is 25.7 Å². The smallest absolute Gasteiger partial charge is 0.422 e. The van der Waals surface area contributed by atoms with Gasteiger partial charge in [0.25, 0.3) is 0 Å². The zero-order chi connectivity index (χ0) is 22.4. The van der Waals surface area contributed by atoms with Crippen LogP contribution in [-0.2, 0) is 4.74 Å². The van der Waals surface area contributed by atoms with Crippen LogP contribution in [0.25, 0.3) is 5.57 Å². The molecule has 0 unspecified atom stereocenters. The van der Waals surface area contributed by atoms with Crippen LogP contribution in [0.5, 0.6) is 0 Å². The quantitative estimate of drug-likeness (QED) is 0.587. The van der Waals surface area contributed by atoms with Gasteiger partial charge in [0.05, 0.1) is 10.7 Å². The first-order chi connectivity index (χ1) is 14.8. The number of carbonyl (C=O) groups is 1. The minimum Gasteiger partial charge on any atom is -0.443 e. The SMILES string of the molecule is CCC1=CSC(=C(C#N)c2ccnc(NC3CCN(NC(=O)OC(C)(C)C)CC3)n2)N1. The number of hydrazine groups is 1. The number of hydrogen-bond acceptors (Lipinski definition) is 9. The third-order valence-corrected chi connectivity index (χ3v) is 5.65. The maximum Gasteiger partial charge on any atom is 0.422 e. The highest BCUT2D eigenvalue weighted by molar-refractivity contribution is 8.06. The van der Waals surface area contributed by atoms with Crippen molar-refractivity contribution in [3.8, 4) is 6.07 Å². The van der Waals surface area contributed by atoms with Crippen molar-refractivity contribution < 1.29 is 9.53 Å². The molecule has 31 heavy (non-hydrogen) atoms. The molecule has 0 aromatic carbocycles. The second kappa shape index (κ2) is 10.0. The molecule has 10 heteroatoms. The number of nitriles is 1. The van der Waals surface area contributed by atoms with Crippen molar-refractivity contribution in [3.63, 3.8) is 0 Å². The number of thioether (sulfide) groups is 1. The summed E-state index contributed by atoms with van der Waals surface area (Å²) < 4.78 is 5.30. The second-order valence-electron chi connectivity index (χ2n) is 8.34. The number of piperidine rings is 1. The highest BCUT2D eigenvalue weighted by Crippen LogP contribution is 2.31. The van der Waals surface area contributed by atoms with E-state index in [2.05, 4.69) is 39.0 Å². The van der Waals surface area contributed by atoms with E-state index in [4.69, 9.17) is 4.74 Å². The molecule has 0 spiro atoms. The Morgan fingerprint density at radius 3 is 2.77 bits per heavy atom. The fourth-order valence-corrected chi connectivity index (χ4v) is 4.11. The topological polar surface area (TPSA) is 115 Å². The van der Waals surface area contributed by atoms with Crippen molar-refractivity contribution in [2.24, 2.45) is 0 Å². The van der Waals surface area contributed by atoms with Gasteiger partial charge in [-0.3, -0.25) is 5.43 Å². The van der Waals surface area contributed by atoms with Gasteiger partial charge in [-0.05, 0) is 51.5 Å². The molecule has 1 saturated heterocycles. The van der Waals surface area contributed by atoms with E-state index >= 15 is 0 Å². The van der Waals surface area contributed by atoms with E-state index in [1.165, 1.54) is 11.8 Å². The monoisotopic (exact) mass is 443 g/mol. The normalized spacial score (nSPS) is 19.1. The summed E-state index contributed by atoms with van der Waals surface area (Å²) in [5.74, 6) is 0.496. The lowest BCUT2D eigenvalue weighted by Crippen LogP contribution is -2.50. The Bertz CT molecular complexity index is 909. The Balaban J connectivity index is 1.56. The number of nitrogens with one attached hydrogen (secondary N) is 3. The molecule has 166 valence electrons. The van der Waals surface area contributed by atoms with Crippen LogP contribution in [0.2, 0.25) is 0 Å². The standard InChI is InChI=1S/C21H29N7O2S/c1-5-14-13-31-18(24-14)16(12-22)17-6-9-23-19(26-17)25-15-7-10-28(11-8-15)27-20(29)30-21(2,3)4/h6,9,13,15,24H,5,7-8,10-11H2,1-4H3,(H,27,29)(H,23,25,26). The summed E-state index contributed by atoms with van der Waals surface area (Å²) in [6.45, 7) is 8.96. The molecule has 0 radical (unpaired) electrons. The molecular formula is C21H29N7O2S. The first-order valence-corrected chi connectivity index (χ1v) is 11.3. The number of amides is 1. The average molecular weight is 444 g/mol. The zero-order valence-electron chi connectivity index (χ0n) is 18.4. The number of hydrogen-bond donors (Lipinski definition) is 3. The highest BCUT2D eigenvalue weighted by Gasteiger charge is 2.24. The first-order valence-electron chi connectivity index (χ1n) is 10.4. The lowest BCUT2D eigenvalue weighted by Gasteiger charge is -2.33. The molecule has 0 bridgehead atoms. The summed E-state index contributed by atoms with van der Waals surface area (Å²) in [7, 11) is 0. The summed E-state index contributed by atoms with van der Waals surface area (Å²) >= 11 is 1.51. The average Bonchev–Trinajstić information content (AvgIpc) is 3.18. The fourth-order valence-electron chi connectivity index (χ4n) is 3.17. The molecule has 2 aliphatic rings. The second-order valence-corrected chi connectivity index (χ2v) is 9.22. The number of nitrogens with zero attached hydrogens (tertiary/aromatic N) is 4. The van der Waals surface area contributed by atoms with Crippen molar-refractivity contribution in [1.29, 1.82) is 5.26 Å². The van der Waals surface area contributed by atoms with Crippen LogP contribution < -0.4 is 16.1 Å². The van der Waals surface area contributed by atoms with Crippen molar-refractivity contribution in [2.75, 3.05) is 18.4 Å². The first kappa shape index (κ1) is 22.9. The van der Waals surface area contributed by atoms with Crippen molar-refractivity contribution >= 4 is 29.4 Å². The number of rotatable bonds is 5. The van der Waals surface area contributed by atoms with Gasteiger partial charge in [0, 0.05) is 31.0 Å². The minimum atomic E-state index is -0.523. The molecule has 3 N–H and O–H groups in total. The molecule has 1 aromatic rings. The number of anilines is 1. The van der Waals surface area contributed by atoms with Gasteiger partial charge in [0.1, 0.15) is 17.2 Å². The predicted octanol–water partition coefficient (Wildman–Crippen LogP) is 3.57. The molecule has 2 aliphatic heterocycles. The van der Waals surface area contributed by atoms with Gasteiger partial charge in [-0.1, -0.05) is 18.7 Å². The summed E-state index contributed by atoms with van der Waals surface area (Å²) in [6.07, 6.45) is 3.74. The van der Waals surface area contributed by atoms with E-state index < -0.39 is 11.7 Å². The molecule has 9 nitrogen and oxygen atoms in total. The molecule has 1 amide bonds. The van der Waals surface area contributed by atoms with Gasteiger partial charge in [-0.15, -0.1) is 0 Å². The molecule has 1 fully saturated rings. The Labute approximate surface area is 187 Å². The minimum absolute atomic E-state index is 0.178. The van der Waals surface area contributed by atoms with Gasteiger partial charge in [-0.2, -0.15) is 5.26 Å². The summed E-state index contributed by atoms with van der Waals surface area (Å²) in [5.41, 5.74) is 4.45. The summed E-state index contributed by atoms with van der Waals surface area (Å²) in [4.78, 5) is 20.8. The Hall–Kier alpha value is -2.77. The Kier molecular flexibility index (Phi) is 7.41. The van der Waals surface area contributed by atoms with Gasteiger partial charge in [0.2, 0.25) is 5.95 Å². The van der Waals surface area contributed by atoms with E-state index in [9.17, 15) is 10.1 Å². The zero-order valence-corrected chi connectivity index (χ0v) is 19.2. The summed E-state index contributed by atoms with van der Waals surface area (Å²) in [6, 6.07) is 4.19. The lowest BCUT2D eigenvalue weighted by molar-refractivity contribution is 0.0291. The van der Waals surface area contributed by atoms with Crippen LogP contribution in [0.3, 0.4) is 0 Å². The molecule has 0 saturated carbocycles. The van der Waals surface area contributed by atoms with Crippen molar-refractivity contribution in [2.45, 2.75) is 58.6 Å². The van der Waals surface area contributed by atoms with Crippen LogP contribution in [-0.4, -0.2) is 45.8 Å². The third-order valence-electron chi connectivity index (χ3n) is 4.70. The number of aromatic nitrogens is 2. The van der Waals surface area contributed by atoms with E-state index in [1.807, 2.05) is 31.2 Å². The van der Waals surface area contributed by atoms with Gasteiger partial charge < -0.3 is 15.4 Å². The number of ether oxygens (including phenoxy) is 1. The third kappa shape index (κ3) is 6.60. The Morgan fingerprint density at radius 1 is 1.42 bits per heavy atom. The van der Waals surface area contributed by atoms with Crippen LogP contribution in [0.15, 0.2) is 28.4 Å². The molecule has 3 heterocycles. The molecule has 3 rings (SSSR count). The maximum absolute atomic E-state index is 11.9. The maximum atomic E-state index is 11.9. The van der Waals surface area contributed by atoms with Crippen LogP contribution in [0.1, 0.15) is 52.7 Å². The molecule has 0 aliphatic carbocycles. The number of carbonyl (C=O) groups excluding carboxylic acids is 1.